The number of benzene rings is 3. The third kappa shape index (κ3) is 3.76. The Balaban J connectivity index is 2.02. The fourth-order valence-electron chi connectivity index (χ4n) is 2.85. The molecule has 1 nitrogen and oxygen atoms in total. The molecule has 0 N–H and O–H groups in total. The third-order valence-corrected chi connectivity index (χ3v) is 4.53. The second kappa shape index (κ2) is 7.18. The fourth-order valence-corrected chi connectivity index (χ4v) is 3.47. The van der Waals surface area contributed by atoms with E-state index in [0.29, 0.717) is 12.5 Å². The van der Waals surface area contributed by atoms with Crippen LogP contribution in [0, 0.1) is 5.92 Å². The molecule has 0 spiro atoms. The molecule has 3 rings (SSSR count). The van der Waals surface area contributed by atoms with Gasteiger partial charge >= 0.3 is 0 Å². The van der Waals surface area contributed by atoms with Gasteiger partial charge in [-0.2, -0.15) is 0 Å². The van der Waals surface area contributed by atoms with Gasteiger partial charge in [0.2, 0.25) is 0 Å². The van der Waals surface area contributed by atoms with Gasteiger partial charge in [-0.05, 0) is 34.9 Å². The van der Waals surface area contributed by atoms with Crippen molar-refractivity contribution < 1.29 is 4.74 Å². The van der Waals surface area contributed by atoms with Gasteiger partial charge in [0, 0.05) is 9.86 Å². The Labute approximate surface area is 146 Å². The Bertz CT molecular complexity index is 794. The fraction of sp³-hybridized carbons (Fsp3) is 0.238. The summed E-state index contributed by atoms with van der Waals surface area (Å²) >= 11 is 3.71. The molecule has 0 aliphatic carbocycles. The van der Waals surface area contributed by atoms with Crippen LogP contribution in [0.15, 0.2) is 65.1 Å². The average Bonchev–Trinajstić information content (AvgIpc) is 2.55. The minimum absolute atomic E-state index is 0.585. The Morgan fingerprint density at radius 1 is 0.913 bits per heavy atom. The molecule has 2 heteroatoms. The molecule has 0 heterocycles. The summed E-state index contributed by atoms with van der Waals surface area (Å²) < 4.78 is 7.41. The number of hydrogen-bond acceptors (Lipinski definition) is 1. The SMILES string of the molecule is CC(C)Cc1cc(Br)c2ccccc2c1OCc1ccccc1. The molecule has 3 aromatic rings. The molecule has 0 atom stereocenters. The highest BCUT2D eigenvalue weighted by Crippen LogP contribution is 2.37. The predicted molar refractivity (Wildman–Crippen MR) is 101 cm³/mol. The third-order valence-electron chi connectivity index (χ3n) is 3.88. The van der Waals surface area contributed by atoms with Crippen LogP contribution in [0.3, 0.4) is 0 Å². The summed E-state index contributed by atoms with van der Waals surface area (Å²) in [7, 11) is 0. The van der Waals surface area contributed by atoms with Crippen LogP contribution < -0.4 is 4.74 Å². The van der Waals surface area contributed by atoms with E-state index in [1.807, 2.05) is 18.2 Å². The topological polar surface area (TPSA) is 9.23 Å². The maximum absolute atomic E-state index is 6.27. The first-order valence-corrected chi connectivity index (χ1v) is 8.81. The summed E-state index contributed by atoms with van der Waals surface area (Å²) in [5, 5.41) is 2.37. The Hall–Kier alpha value is -1.80. The molecule has 0 aromatic heterocycles. The van der Waals surface area contributed by atoms with Crippen LogP contribution >= 0.6 is 15.9 Å². The lowest BCUT2D eigenvalue weighted by Crippen LogP contribution is -2.02. The van der Waals surface area contributed by atoms with Crippen molar-refractivity contribution in [3.8, 4) is 5.75 Å². The maximum Gasteiger partial charge on any atom is 0.130 e. The molecular formula is C21H21BrO. The normalized spacial score (nSPS) is 11.1. The van der Waals surface area contributed by atoms with Gasteiger partial charge in [0.1, 0.15) is 12.4 Å². The van der Waals surface area contributed by atoms with Crippen LogP contribution in [0.1, 0.15) is 25.0 Å². The second-order valence-corrected chi connectivity index (χ2v) is 7.12. The number of hydrogen-bond donors (Lipinski definition) is 0. The Morgan fingerprint density at radius 2 is 1.57 bits per heavy atom. The molecule has 3 aromatic carbocycles. The summed E-state index contributed by atoms with van der Waals surface area (Å²) in [4.78, 5) is 0. The first kappa shape index (κ1) is 16.1. The standard InChI is InChI=1S/C21H21BrO/c1-15(2)12-17-13-20(22)18-10-6-7-11-19(18)21(17)23-14-16-8-4-3-5-9-16/h3-11,13,15H,12,14H2,1-2H3. The molecule has 0 unspecified atom stereocenters. The number of fused-ring (bicyclic) bond motifs is 1. The van der Waals surface area contributed by atoms with Gasteiger partial charge in [0.25, 0.3) is 0 Å². The van der Waals surface area contributed by atoms with E-state index < -0.39 is 0 Å². The molecule has 0 amide bonds. The van der Waals surface area contributed by atoms with E-state index in [-0.39, 0.29) is 0 Å². The molecular weight excluding hydrogens is 348 g/mol. The monoisotopic (exact) mass is 368 g/mol. The van der Waals surface area contributed by atoms with Crippen molar-refractivity contribution in [1.29, 1.82) is 0 Å². The van der Waals surface area contributed by atoms with Gasteiger partial charge in [-0.15, -0.1) is 0 Å². The average molecular weight is 369 g/mol. The zero-order valence-electron chi connectivity index (χ0n) is 13.6. The summed E-state index contributed by atoms with van der Waals surface area (Å²) in [5.41, 5.74) is 2.46. The van der Waals surface area contributed by atoms with Crippen molar-refractivity contribution in [3.05, 3.63) is 76.3 Å². The zero-order valence-corrected chi connectivity index (χ0v) is 15.1. The number of halogens is 1. The first-order chi connectivity index (χ1) is 11.1. The Kier molecular flexibility index (Phi) is 5.02. The van der Waals surface area contributed by atoms with Crippen LogP contribution in [0.5, 0.6) is 5.75 Å². The first-order valence-electron chi connectivity index (χ1n) is 8.02. The van der Waals surface area contributed by atoms with Gasteiger partial charge in [0.05, 0.1) is 0 Å². The van der Waals surface area contributed by atoms with E-state index in [0.717, 1.165) is 16.6 Å². The van der Waals surface area contributed by atoms with Crippen molar-refractivity contribution in [3.63, 3.8) is 0 Å². The molecule has 23 heavy (non-hydrogen) atoms. The van der Waals surface area contributed by atoms with E-state index in [9.17, 15) is 0 Å². The maximum atomic E-state index is 6.27. The van der Waals surface area contributed by atoms with Gasteiger partial charge in [0.15, 0.2) is 0 Å². The van der Waals surface area contributed by atoms with Crippen LogP contribution in [0.25, 0.3) is 10.8 Å². The van der Waals surface area contributed by atoms with Crippen LogP contribution in [0.4, 0.5) is 0 Å². The number of ether oxygens (including phenoxy) is 1. The van der Waals surface area contributed by atoms with Crippen LogP contribution in [-0.4, -0.2) is 0 Å². The van der Waals surface area contributed by atoms with Gasteiger partial charge in [-0.1, -0.05) is 84.4 Å². The molecule has 118 valence electrons. The molecule has 0 saturated carbocycles. The molecule has 0 bridgehead atoms. The van der Waals surface area contributed by atoms with Gasteiger partial charge in [-0.25, -0.2) is 0 Å². The molecule has 0 radical (unpaired) electrons. The smallest absolute Gasteiger partial charge is 0.130 e. The lowest BCUT2D eigenvalue weighted by molar-refractivity contribution is 0.305. The van der Waals surface area contributed by atoms with E-state index >= 15 is 0 Å². The zero-order chi connectivity index (χ0) is 16.2. The highest BCUT2D eigenvalue weighted by molar-refractivity contribution is 9.10. The van der Waals surface area contributed by atoms with Gasteiger partial charge in [-0.3, -0.25) is 0 Å². The minimum atomic E-state index is 0.585. The Morgan fingerprint density at radius 3 is 2.26 bits per heavy atom. The van der Waals surface area contributed by atoms with Crippen molar-refractivity contribution in [2.75, 3.05) is 0 Å². The molecule has 0 fully saturated rings. The predicted octanol–water partition coefficient (Wildman–Crippen LogP) is 6.38. The van der Waals surface area contributed by atoms with E-state index in [1.54, 1.807) is 0 Å². The van der Waals surface area contributed by atoms with Crippen molar-refractivity contribution in [2.24, 2.45) is 5.92 Å². The second-order valence-electron chi connectivity index (χ2n) is 6.26. The highest BCUT2D eigenvalue weighted by atomic mass is 79.9. The lowest BCUT2D eigenvalue weighted by atomic mass is 9.98. The highest BCUT2D eigenvalue weighted by Gasteiger charge is 2.13. The molecule has 0 aliphatic rings. The summed E-state index contributed by atoms with van der Waals surface area (Å²) in [6.45, 7) is 5.08. The summed E-state index contributed by atoms with van der Waals surface area (Å²) in [5.74, 6) is 1.60. The van der Waals surface area contributed by atoms with Gasteiger partial charge < -0.3 is 4.74 Å². The van der Waals surface area contributed by atoms with E-state index in [4.69, 9.17) is 4.74 Å². The quantitative estimate of drug-likeness (QED) is 0.507. The van der Waals surface area contributed by atoms with Crippen LogP contribution in [0.2, 0.25) is 0 Å². The molecule has 0 saturated heterocycles. The van der Waals surface area contributed by atoms with Crippen molar-refractivity contribution in [2.45, 2.75) is 26.9 Å². The number of rotatable bonds is 5. The van der Waals surface area contributed by atoms with Crippen molar-refractivity contribution >= 4 is 26.7 Å². The van der Waals surface area contributed by atoms with Crippen molar-refractivity contribution in [1.82, 2.24) is 0 Å². The summed E-state index contributed by atoms with van der Waals surface area (Å²) in [6.07, 6.45) is 1.01. The lowest BCUT2D eigenvalue weighted by Gasteiger charge is -2.17. The summed E-state index contributed by atoms with van der Waals surface area (Å²) in [6, 6.07) is 21.0. The minimum Gasteiger partial charge on any atom is -0.488 e. The van der Waals surface area contributed by atoms with Crippen LogP contribution in [-0.2, 0) is 13.0 Å². The molecule has 0 aliphatic heterocycles. The van der Waals surface area contributed by atoms with E-state index in [1.165, 1.54) is 21.9 Å². The van der Waals surface area contributed by atoms with E-state index in [2.05, 4.69) is 72.2 Å². The largest absolute Gasteiger partial charge is 0.488 e.